The third-order valence-electron chi connectivity index (χ3n) is 4.46. The SMILES string of the molecule is CCNc1cc(C)ccc1C(=O)NC1CCCCCC1C. The van der Waals surface area contributed by atoms with Gasteiger partial charge in [-0.3, -0.25) is 4.79 Å². The lowest BCUT2D eigenvalue weighted by Crippen LogP contribution is -2.39. The molecule has 2 N–H and O–H groups in total. The average Bonchev–Trinajstić information content (AvgIpc) is 2.64. The summed E-state index contributed by atoms with van der Waals surface area (Å²) in [5, 5.41) is 6.56. The number of aryl methyl sites for hydroxylation is 1. The number of hydrogen-bond donors (Lipinski definition) is 2. The van der Waals surface area contributed by atoms with Gasteiger partial charge in [0.1, 0.15) is 0 Å². The standard InChI is InChI=1S/C18H28N2O/c1-4-19-17-12-13(2)10-11-15(17)18(21)20-16-9-7-5-6-8-14(16)3/h10-12,14,16,19H,4-9H2,1-3H3,(H,20,21). The quantitative estimate of drug-likeness (QED) is 0.818. The van der Waals surface area contributed by atoms with Crippen molar-refractivity contribution in [2.45, 2.75) is 58.9 Å². The zero-order valence-electron chi connectivity index (χ0n) is 13.5. The lowest BCUT2D eigenvalue weighted by molar-refractivity contribution is 0.0922. The number of anilines is 1. The number of amides is 1. The first-order valence-electron chi connectivity index (χ1n) is 8.27. The van der Waals surface area contributed by atoms with Gasteiger partial charge in [-0.15, -0.1) is 0 Å². The van der Waals surface area contributed by atoms with E-state index in [2.05, 4.69) is 37.5 Å². The monoisotopic (exact) mass is 288 g/mol. The Hall–Kier alpha value is -1.51. The molecule has 1 fully saturated rings. The molecule has 0 aliphatic heterocycles. The zero-order valence-corrected chi connectivity index (χ0v) is 13.5. The van der Waals surface area contributed by atoms with Crippen LogP contribution in [0.3, 0.4) is 0 Å². The Morgan fingerprint density at radius 1 is 1.24 bits per heavy atom. The Bertz CT molecular complexity index is 484. The predicted octanol–water partition coefficient (Wildman–Crippen LogP) is 4.13. The van der Waals surface area contributed by atoms with Crippen LogP contribution in [0, 0.1) is 12.8 Å². The van der Waals surface area contributed by atoms with E-state index in [1.165, 1.54) is 31.2 Å². The van der Waals surface area contributed by atoms with Crippen LogP contribution in [0.5, 0.6) is 0 Å². The van der Waals surface area contributed by atoms with Crippen LogP contribution in [-0.2, 0) is 0 Å². The third-order valence-corrected chi connectivity index (χ3v) is 4.46. The lowest BCUT2D eigenvalue weighted by Gasteiger charge is -2.23. The molecule has 2 unspecified atom stereocenters. The van der Waals surface area contributed by atoms with Crippen molar-refractivity contribution in [2.24, 2.45) is 5.92 Å². The molecule has 1 aliphatic rings. The minimum atomic E-state index is 0.0599. The second-order valence-electron chi connectivity index (χ2n) is 6.27. The maximum absolute atomic E-state index is 12.6. The first kappa shape index (κ1) is 15.9. The normalized spacial score (nSPS) is 22.4. The molecule has 0 spiro atoms. The molecule has 1 saturated carbocycles. The van der Waals surface area contributed by atoms with Gasteiger partial charge in [0.2, 0.25) is 0 Å². The van der Waals surface area contributed by atoms with E-state index < -0.39 is 0 Å². The van der Waals surface area contributed by atoms with Crippen LogP contribution in [0.4, 0.5) is 5.69 Å². The average molecular weight is 288 g/mol. The molecule has 3 heteroatoms. The molecule has 0 bridgehead atoms. The van der Waals surface area contributed by atoms with Gasteiger partial charge in [0.15, 0.2) is 0 Å². The summed E-state index contributed by atoms with van der Waals surface area (Å²) in [6.45, 7) is 7.19. The first-order valence-corrected chi connectivity index (χ1v) is 8.27. The Kier molecular flexibility index (Phi) is 5.66. The summed E-state index contributed by atoms with van der Waals surface area (Å²) < 4.78 is 0. The largest absolute Gasteiger partial charge is 0.385 e. The Labute approximate surface area is 128 Å². The number of rotatable bonds is 4. The second kappa shape index (κ2) is 7.48. The molecule has 3 nitrogen and oxygen atoms in total. The summed E-state index contributed by atoms with van der Waals surface area (Å²) in [5.41, 5.74) is 2.88. The molecule has 21 heavy (non-hydrogen) atoms. The molecule has 1 aliphatic carbocycles. The van der Waals surface area contributed by atoms with Crippen LogP contribution in [0.25, 0.3) is 0 Å². The molecule has 1 amide bonds. The van der Waals surface area contributed by atoms with Gasteiger partial charge in [-0.1, -0.05) is 32.3 Å². The molecule has 2 atom stereocenters. The number of nitrogens with one attached hydrogen (secondary N) is 2. The highest BCUT2D eigenvalue weighted by Crippen LogP contribution is 2.24. The van der Waals surface area contributed by atoms with Gasteiger partial charge < -0.3 is 10.6 Å². The fraction of sp³-hybridized carbons (Fsp3) is 0.611. The highest BCUT2D eigenvalue weighted by molar-refractivity contribution is 5.99. The van der Waals surface area contributed by atoms with Crippen molar-refractivity contribution >= 4 is 11.6 Å². The Morgan fingerprint density at radius 2 is 2.00 bits per heavy atom. The second-order valence-corrected chi connectivity index (χ2v) is 6.27. The first-order chi connectivity index (χ1) is 10.1. The van der Waals surface area contributed by atoms with E-state index in [-0.39, 0.29) is 5.91 Å². The molecule has 1 aromatic carbocycles. The van der Waals surface area contributed by atoms with Crippen molar-refractivity contribution in [2.75, 3.05) is 11.9 Å². The summed E-state index contributed by atoms with van der Waals surface area (Å²) in [7, 11) is 0. The minimum Gasteiger partial charge on any atom is -0.385 e. The van der Waals surface area contributed by atoms with Crippen molar-refractivity contribution in [3.8, 4) is 0 Å². The van der Waals surface area contributed by atoms with Crippen molar-refractivity contribution in [1.29, 1.82) is 0 Å². The van der Waals surface area contributed by atoms with Crippen LogP contribution in [0.1, 0.15) is 61.9 Å². The molecule has 0 radical (unpaired) electrons. The van der Waals surface area contributed by atoms with E-state index in [9.17, 15) is 4.79 Å². The van der Waals surface area contributed by atoms with E-state index >= 15 is 0 Å². The maximum atomic E-state index is 12.6. The fourth-order valence-corrected chi connectivity index (χ4v) is 3.15. The highest BCUT2D eigenvalue weighted by atomic mass is 16.1. The van der Waals surface area contributed by atoms with E-state index in [1.54, 1.807) is 0 Å². The highest BCUT2D eigenvalue weighted by Gasteiger charge is 2.23. The Balaban J connectivity index is 2.12. The van der Waals surface area contributed by atoms with Gasteiger partial charge in [-0.2, -0.15) is 0 Å². The van der Waals surface area contributed by atoms with Crippen LogP contribution >= 0.6 is 0 Å². The number of carbonyl (C=O) groups excluding carboxylic acids is 1. The van der Waals surface area contributed by atoms with Crippen molar-refractivity contribution in [3.05, 3.63) is 29.3 Å². The summed E-state index contributed by atoms with van der Waals surface area (Å²) in [6, 6.07) is 6.31. The Morgan fingerprint density at radius 3 is 2.76 bits per heavy atom. The van der Waals surface area contributed by atoms with Crippen LogP contribution in [0.15, 0.2) is 18.2 Å². The van der Waals surface area contributed by atoms with Gasteiger partial charge in [0.05, 0.1) is 5.56 Å². The summed E-state index contributed by atoms with van der Waals surface area (Å²) in [6.07, 6.45) is 6.14. The molecular weight excluding hydrogens is 260 g/mol. The number of carbonyl (C=O) groups is 1. The van der Waals surface area contributed by atoms with Crippen LogP contribution in [0.2, 0.25) is 0 Å². The molecule has 0 aromatic heterocycles. The van der Waals surface area contributed by atoms with Crippen LogP contribution in [-0.4, -0.2) is 18.5 Å². The zero-order chi connectivity index (χ0) is 15.2. The maximum Gasteiger partial charge on any atom is 0.253 e. The van der Waals surface area contributed by atoms with Crippen molar-refractivity contribution in [3.63, 3.8) is 0 Å². The predicted molar refractivity (Wildman–Crippen MR) is 88.8 cm³/mol. The fourth-order valence-electron chi connectivity index (χ4n) is 3.15. The van der Waals surface area contributed by atoms with E-state index in [0.717, 1.165) is 24.2 Å². The van der Waals surface area contributed by atoms with Crippen LogP contribution < -0.4 is 10.6 Å². The molecule has 0 heterocycles. The van der Waals surface area contributed by atoms with Gasteiger partial charge in [-0.05, 0) is 50.3 Å². The smallest absolute Gasteiger partial charge is 0.253 e. The van der Waals surface area contributed by atoms with Gasteiger partial charge >= 0.3 is 0 Å². The molecule has 1 aromatic rings. The van der Waals surface area contributed by atoms with Crippen molar-refractivity contribution < 1.29 is 4.79 Å². The molecule has 0 saturated heterocycles. The summed E-state index contributed by atoms with van der Waals surface area (Å²) in [5.74, 6) is 0.634. The molecular formula is C18H28N2O. The van der Waals surface area contributed by atoms with Gasteiger partial charge in [-0.25, -0.2) is 0 Å². The van der Waals surface area contributed by atoms with Crippen molar-refractivity contribution in [1.82, 2.24) is 5.32 Å². The number of hydrogen-bond acceptors (Lipinski definition) is 2. The topological polar surface area (TPSA) is 41.1 Å². The summed E-state index contributed by atoms with van der Waals surface area (Å²) in [4.78, 5) is 12.6. The van der Waals surface area contributed by atoms with Gasteiger partial charge in [0, 0.05) is 18.3 Å². The van der Waals surface area contributed by atoms with E-state index in [4.69, 9.17) is 0 Å². The number of benzene rings is 1. The molecule has 116 valence electrons. The van der Waals surface area contributed by atoms with Gasteiger partial charge in [0.25, 0.3) is 5.91 Å². The minimum absolute atomic E-state index is 0.0599. The third kappa shape index (κ3) is 4.23. The van der Waals surface area contributed by atoms with E-state index in [1.807, 2.05) is 12.1 Å². The van der Waals surface area contributed by atoms with E-state index in [0.29, 0.717) is 12.0 Å². The molecule has 2 rings (SSSR count). The summed E-state index contributed by atoms with van der Waals surface area (Å²) >= 11 is 0. The lowest BCUT2D eigenvalue weighted by atomic mass is 9.96.